The van der Waals surface area contributed by atoms with Crippen LogP contribution in [0.2, 0.25) is 0 Å². The Morgan fingerprint density at radius 2 is 1.96 bits per heavy atom. The van der Waals surface area contributed by atoms with Crippen molar-refractivity contribution in [3.8, 4) is 5.69 Å². The van der Waals surface area contributed by atoms with Gasteiger partial charge in [-0.1, -0.05) is 40.2 Å². The molecule has 3 rings (SSSR count). The van der Waals surface area contributed by atoms with Crippen LogP contribution in [0.5, 0.6) is 0 Å². The lowest BCUT2D eigenvalue weighted by atomic mass is 10.3. The maximum Gasteiger partial charge on any atom is 0.248 e. The van der Waals surface area contributed by atoms with Gasteiger partial charge in [0.1, 0.15) is 0 Å². The van der Waals surface area contributed by atoms with Crippen molar-refractivity contribution in [2.75, 3.05) is 5.32 Å². The fourth-order valence-corrected chi connectivity index (χ4v) is 2.47. The van der Waals surface area contributed by atoms with E-state index in [2.05, 4.69) is 26.3 Å². The molecule has 0 saturated carbocycles. The SMILES string of the molecule is O=C(/C=C/c1cnn(-c2ccccc2)c1)Nc1cccc(Br)c1. The number of benzene rings is 2. The number of hydrogen-bond donors (Lipinski definition) is 1. The number of amides is 1. The standard InChI is InChI=1S/C18H14BrN3O/c19-15-5-4-6-16(11-15)21-18(23)10-9-14-12-20-22(13-14)17-7-2-1-3-8-17/h1-13H,(H,21,23)/b10-9+. The van der Waals surface area contributed by atoms with Crippen molar-refractivity contribution in [3.05, 3.63) is 83.1 Å². The number of aromatic nitrogens is 2. The van der Waals surface area contributed by atoms with E-state index in [9.17, 15) is 4.79 Å². The third-order valence-electron chi connectivity index (χ3n) is 3.14. The lowest BCUT2D eigenvalue weighted by molar-refractivity contribution is -0.111. The average molecular weight is 368 g/mol. The summed E-state index contributed by atoms with van der Waals surface area (Å²) in [4.78, 5) is 11.9. The van der Waals surface area contributed by atoms with E-state index in [1.165, 1.54) is 6.08 Å². The molecule has 3 aromatic rings. The van der Waals surface area contributed by atoms with Crippen LogP contribution in [0.3, 0.4) is 0 Å². The predicted octanol–water partition coefficient (Wildman–Crippen LogP) is 4.29. The maximum absolute atomic E-state index is 11.9. The van der Waals surface area contributed by atoms with Gasteiger partial charge in [-0.05, 0) is 36.4 Å². The van der Waals surface area contributed by atoms with E-state index in [4.69, 9.17) is 0 Å². The molecular formula is C18H14BrN3O. The smallest absolute Gasteiger partial charge is 0.248 e. The molecule has 0 aliphatic rings. The molecule has 0 bridgehead atoms. The van der Waals surface area contributed by atoms with Crippen molar-refractivity contribution in [1.29, 1.82) is 0 Å². The van der Waals surface area contributed by atoms with E-state index >= 15 is 0 Å². The summed E-state index contributed by atoms with van der Waals surface area (Å²) in [5, 5.41) is 7.10. The Labute approximate surface area is 142 Å². The second-order valence-electron chi connectivity index (χ2n) is 4.89. The van der Waals surface area contributed by atoms with Gasteiger partial charge in [-0.15, -0.1) is 0 Å². The second kappa shape index (κ2) is 7.07. The molecule has 0 atom stereocenters. The molecule has 5 heteroatoms. The molecule has 114 valence electrons. The first-order chi connectivity index (χ1) is 11.2. The fourth-order valence-electron chi connectivity index (χ4n) is 2.07. The molecule has 1 heterocycles. The number of carbonyl (C=O) groups is 1. The van der Waals surface area contributed by atoms with Crippen molar-refractivity contribution >= 4 is 33.6 Å². The molecular weight excluding hydrogens is 354 g/mol. The first-order valence-electron chi connectivity index (χ1n) is 7.05. The summed E-state index contributed by atoms with van der Waals surface area (Å²) < 4.78 is 2.69. The van der Waals surface area contributed by atoms with Crippen LogP contribution in [0, 0.1) is 0 Å². The van der Waals surface area contributed by atoms with Crippen LogP contribution >= 0.6 is 15.9 Å². The van der Waals surface area contributed by atoms with Gasteiger partial charge in [0, 0.05) is 28.0 Å². The third-order valence-corrected chi connectivity index (χ3v) is 3.64. The van der Waals surface area contributed by atoms with E-state index in [-0.39, 0.29) is 5.91 Å². The van der Waals surface area contributed by atoms with Gasteiger partial charge in [-0.3, -0.25) is 4.79 Å². The first kappa shape index (κ1) is 15.2. The molecule has 0 radical (unpaired) electrons. The zero-order valence-electron chi connectivity index (χ0n) is 12.2. The molecule has 1 N–H and O–H groups in total. The summed E-state index contributed by atoms with van der Waals surface area (Å²) in [7, 11) is 0. The van der Waals surface area contributed by atoms with Gasteiger partial charge in [-0.2, -0.15) is 5.10 Å². The van der Waals surface area contributed by atoms with Crippen molar-refractivity contribution in [1.82, 2.24) is 9.78 Å². The number of rotatable bonds is 4. The number of carbonyl (C=O) groups excluding carboxylic acids is 1. The number of nitrogens with one attached hydrogen (secondary N) is 1. The lowest BCUT2D eigenvalue weighted by Crippen LogP contribution is -2.07. The molecule has 0 aliphatic carbocycles. The van der Waals surface area contributed by atoms with Gasteiger partial charge >= 0.3 is 0 Å². The van der Waals surface area contributed by atoms with Crippen molar-refractivity contribution in [3.63, 3.8) is 0 Å². The van der Waals surface area contributed by atoms with E-state index in [0.717, 1.165) is 21.4 Å². The largest absolute Gasteiger partial charge is 0.322 e. The van der Waals surface area contributed by atoms with Crippen LogP contribution in [0.15, 0.2) is 77.5 Å². The first-order valence-corrected chi connectivity index (χ1v) is 7.85. The normalized spacial score (nSPS) is 10.8. The van der Waals surface area contributed by atoms with Crippen LogP contribution in [0.4, 0.5) is 5.69 Å². The predicted molar refractivity (Wildman–Crippen MR) is 95.4 cm³/mol. The van der Waals surface area contributed by atoms with E-state index in [1.807, 2.05) is 60.8 Å². The van der Waals surface area contributed by atoms with Gasteiger partial charge in [0.05, 0.1) is 11.9 Å². The Balaban J connectivity index is 1.66. The molecule has 0 unspecified atom stereocenters. The highest BCUT2D eigenvalue weighted by molar-refractivity contribution is 9.10. The summed E-state index contributed by atoms with van der Waals surface area (Å²) >= 11 is 3.37. The third kappa shape index (κ3) is 4.17. The summed E-state index contributed by atoms with van der Waals surface area (Å²) in [5.41, 5.74) is 2.58. The summed E-state index contributed by atoms with van der Waals surface area (Å²) in [6.07, 6.45) is 6.82. The topological polar surface area (TPSA) is 46.9 Å². The number of anilines is 1. The lowest BCUT2D eigenvalue weighted by Gasteiger charge is -2.01. The van der Waals surface area contributed by atoms with E-state index < -0.39 is 0 Å². The quantitative estimate of drug-likeness (QED) is 0.699. The van der Waals surface area contributed by atoms with Crippen LogP contribution in [0.25, 0.3) is 11.8 Å². The zero-order valence-corrected chi connectivity index (χ0v) is 13.8. The van der Waals surface area contributed by atoms with Gasteiger partial charge in [0.2, 0.25) is 5.91 Å². The Bertz CT molecular complexity index is 840. The van der Waals surface area contributed by atoms with Gasteiger partial charge in [0.15, 0.2) is 0 Å². The molecule has 0 aliphatic heterocycles. The van der Waals surface area contributed by atoms with Gasteiger partial charge < -0.3 is 5.32 Å². The molecule has 1 aromatic heterocycles. The summed E-state index contributed by atoms with van der Waals surface area (Å²) in [6, 6.07) is 17.3. The highest BCUT2D eigenvalue weighted by Gasteiger charge is 2.00. The van der Waals surface area contributed by atoms with Crippen LogP contribution < -0.4 is 5.32 Å². The summed E-state index contributed by atoms with van der Waals surface area (Å²) in [5.74, 6) is -0.185. The molecule has 0 fully saturated rings. The Hall–Kier alpha value is -2.66. The minimum absolute atomic E-state index is 0.185. The van der Waals surface area contributed by atoms with Crippen LogP contribution in [-0.2, 0) is 4.79 Å². The number of para-hydroxylation sites is 1. The zero-order chi connectivity index (χ0) is 16.1. The van der Waals surface area contributed by atoms with Gasteiger partial charge in [0.25, 0.3) is 0 Å². The molecule has 23 heavy (non-hydrogen) atoms. The van der Waals surface area contributed by atoms with E-state index in [0.29, 0.717) is 0 Å². The Morgan fingerprint density at radius 3 is 2.74 bits per heavy atom. The molecule has 0 saturated heterocycles. The molecule has 4 nitrogen and oxygen atoms in total. The van der Waals surface area contributed by atoms with E-state index in [1.54, 1.807) is 17.0 Å². The average Bonchev–Trinajstić information content (AvgIpc) is 3.03. The number of halogens is 1. The van der Waals surface area contributed by atoms with Crippen molar-refractivity contribution in [2.45, 2.75) is 0 Å². The minimum atomic E-state index is -0.185. The second-order valence-corrected chi connectivity index (χ2v) is 5.80. The molecule has 0 spiro atoms. The van der Waals surface area contributed by atoms with Crippen LogP contribution in [0.1, 0.15) is 5.56 Å². The van der Waals surface area contributed by atoms with Crippen molar-refractivity contribution < 1.29 is 4.79 Å². The minimum Gasteiger partial charge on any atom is -0.322 e. The Kier molecular flexibility index (Phi) is 4.68. The highest BCUT2D eigenvalue weighted by atomic mass is 79.9. The molecule has 1 amide bonds. The number of hydrogen-bond acceptors (Lipinski definition) is 2. The van der Waals surface area contributed by atoms with Crippen LogP contribution in [-0.4, -0.2) is 15.7 Å². The number of nitrogens with zero attached hydrogens (tertiary/aromatic N) is 2. The van der Waals surface area contributed by atoms with Gasteiger partial charge in [-0.25, -0.2) is 4.68 Å². The maximum atomic E-state index is 11.9. The monoisotopic (exact) mass is 367 g/mol. The molecule has 2 aromatic carbocycles. The van der Waals surface area contributed by atoms with Crippen molar-refractivity contribution in [2.24, 2.45) is 0 Å². The Morgan fingerprint density at radius 1 is 1.13 bits per heavy atom. The highest BCUT2D eigenvalue weighted by Crippen LogP contribution is 2.15. The fraction of sp³-hybridized carbons (Fsp3) is 0. The summed E-state index contributed by atoms with van der Waals surface area (Å²) in [6.45, 7) is 0.